The van der Waals surface area contributed by atoms with Gasteiger partial charge in [-0.2, -0.15) is 0 Å². The molecule has 2 amide bonds. The number of halogens is 2. The van der Waals surface area contributed by atoms with Crippen molar-refractivity contribution in [2.45, 2.75) is 12.1 Å². The topological polar surface area (TPSA) is 79.3 Å². The predicted molar refractivity (Wildman–Crippen MR) is 124 cm³/mol. The summed E-state index contributed by atoms with van der Waals surface area (Å²) in [5.74, 6) is -1.52. The third-order valence-electron chi connectivity index (χ3n) is 5.83. The van der Waals surface area contributed by atoms with E-state index in [1.54, 1.807) is 23.3 Å². The molecule has 0 aliphatic carbocycles. The summed E-state index contributed by atoms with van der Waals surface area (Å²) >= 11 is 12.1. The Morgan fingerprint density at radius 2 is 1.67 bits per heavy atom. The van der Waals surface area contributed by atoms with Gasteiger partial charge in [-0.05, 0) is 48.0 Å². The molecule has 0 spiro atoms. The van der Waals surface area contributed by atoms with Crippen LogP contribution in [-0.4, -0.2) is 30.1 Å². The van der Waals surface area contributed by atoms with Gasteiger partial charge >= 0.3 is 0 Å². The molecule has 2 aliphatic heterocycles. The quantitative estimate of drug-likeness (QED) is 0.537. The molecule has 33 heavy (non-hydrogen) atoms. The number of benzene rings is 3. The number of carbonyl (C=O) groups is 2. The van der Waals surface area contributed by atoms with Crippen LogP contribution in [0.1, 0.15) is 11.6 Å². The fourth-order valence-electron chi connectivity index (χ4n) is 4.31. The molecule has 2 saturated heterocycles. The largest absolute Gasteiger partial charge is 0.504 e. The zero-order chi connectivity index (χ0) is 23.3. The molecule has 9 heteroatoms. The summed E-state index contributed by atoms with van der Waals surface area (Å²) in [4.78, 5) is 34.1. The minimum absolute atomic E-state index is 0.0331. The molecule has 2 heterocycles. The van der Waals surface area contributed by atoms with Crippen LogP contribution in [0.2, 0.25) is 10.0 Å². The number of nitrogens with zero attached hydrogens (tertiary/aromatic N) is 2. The Morgan fingerprint density at radius 1 is 0.909 bits per heavy atom. The molecular weight excluding hydrogens is 467 g/mol. The zero-order valence-electron chi connectivity index (χ0n) is 17.3. The number of rotatable bonds is 4. The van der Waals surface area contributed by atoms with Crippen molar-refractivity contribution >= 4 is 46.4 Å². The molecule has 1 N–H and O–H groups in total. The van der Waals surface area contributed by atoms with Gasteiger partial charge in [0, 0.05) is 0 Å². The number of amides is 2. The lowest BCUT2D eigenvalue weighted by molar-refractivity contribution is -0.126. The smallest absolute Gasteiger partial charge is 0.266 e. The number of anilines is 2. The highest BCUT2D eigenvalue weighted by molar-refractivity contribution is 6.42. The van der Waals surface area contributed by atoms with Crippen molar-refractivity contribution in [3.8, 4) is 11.5 Å². The minimum atomic E-state index is -1.03. The van der Waals surface area contributed by atoms with Gasteiger partial charge in [-0.25, -0.2) is 9.96 Å². The number of phenols is 1. The van der Waals surface area contributed by atoms with Gasteiger partial charge in [0.1, 0.15) is 5.92 Å². The second-order valence-electron chi connectivity index (χ2n) is 7.70. The molecule has 2 aliphatic rings. The van der Waals surface area contributed by atoms with E-state index in [1.165, 1.54) is 25.3 Å². The zero-order valence-corrected chi connectivity index (χ0v) is 18.8. The van der Waals surface area contributed by atoms with E-state index in [9.17, 15) is 14.7 Å². The number of hydroxylamine groups is 1. The number of methoxy groups -OCH3 is 1. The Bertz CT molecular complexity index is 1250. The van der Waals surface area contributed by atoms with Gasteiger partial charge in [-0.1, -0.05) is 47.5 Å². The van der Waals surface area contributed by atoms with Crippen molar-refractivity contribution in [3.63, 3.8) is 0 Å². The van der Waals surface area contributed by atoms with E-state index in [4.69, 9.17) is 32.8 Å². The third-order valence-corrected chi connectivity index (χ3v) is 6.57. The van der Waals surface area contributed by atoms with Gasteiger partial charge in [0.2, 0.25) is 5.91 Å². The molecule has 7 nitrogen and oxygen atoms in total. The molecular formula is C24H18Cl2N2O5. The summed E-state index contributed by atoms with van der Waals surface area (Å²) in [6.07, 6.45) is -1.03. The van der Waals surface area contributed by atoms with Crippen LogP contribution in [0.5, 0.6) is 11.5 Å². The van der Waals surface area contributed by atoms with Crippen molar-refractivity contribution in [1.82, 2.24) is 0 Å². The number of aromatic hydroxyl groups is 1. The van der Waals surface area contributed by atoms with Gasteiger partial charge in [0.15, 0.2) is 17.6 Å². The highest BCUT2D eigenvalue weighted by atomic mass is 35.5. The molecule has 3 aromatic rings. The second-order valence-corrected chi connectivity index (χ2v) is 8.51. The number of phenolic OH excluding ortho intramolecular Hbond substituents is 1. The number of ether oxygens (including phenoxy) is 1. The molecule has 0 radical (unpaired) electrons. The number of carbonyl (C=O) groups excluding carboxylic acids is 2. The van der Waals surface area contributed by atoms with Crippen molar-refractivity contribution in [2.24, 2.45) is 5.92 Å². The molecule has 0 aromatic heterocycles. The number of para-hydroxylation sites is 1. The summed E-state index contributed by atoms with van der Waals surface area (Å²) < 4.78 is 5.26. The minimum Gasteiger partial charge on any atom is -0.504 e. The van der Waals surface area contributed by atoms with Gasteiger partial charge in [-0.15, -0.1) is 0 Å². The SMILES string of the molecule is COc1cc([C@H]2[C@H]3C(=O)N(c4ccc(Cl)c(Cl)c4)C(=O)[C@H]3ON2c2ccccc2)ccc1O. The van der Waals surface area contributed by atoms with Crippen LogP contribution in [0.25, 0.3) is 0 Å². The van der Waals surface area contributed by atoms with Crippen LogP contribution >= 0.6 is 23.2 Å². The van der Waals surface area contributed by atoms with Gasteiger partial charge in [0.25, 0.3) is 5.91 Å². The van der Waals surface area contributed by atoms with E-state index < -0.39 is 29.9 Å². The predicted octanol–water partition coefficient (Wildman–Crippen LogP) is 4.76. The molecule has 0 saturated carbocycles. The molecule has 0 unspecified atom stereocenters. The molecule has 5 rings (SSSR count). The Hall–Kier alpha value is -3.26. The van der Waals surface area contributed by atoms with Crippen LogP contribution in [-0.2, 0) is 14.4 Å². The Labute approximate surface area is 199 Å². The standard InChI is InChI=1S/C24H18Cl2N2O5/c1-32-19-11-13(7-10-18(19)29)21-20-22(33-28(21)14-5-3-2-4-6-14)24(31)27(23(20)30)15-8-9-16(25)17(26)12-15/h2-12,20-22,29H,1H3/t20-,21+,22+/m1/s1. The van der Waals surface area contributed by atoms with E-state index >= 15 is 0 Å². The Kier molecular flexibility index (Phi) is 5.40. The fraction of sp³-hybridized carbons (Fsp3) is 0.167. The van der Waals surface area contributed by atoms with Crippen molar-refractivity contribution in [3.05, 3.63) is 82.3 Å². The average Bonchev–Trinajstić information content (AvgIpc) is 3.33. The lowest BCUT2D eigenvalue weighted by Gasteiger charge is -2.29. The fourth-order valence-corrected chi connectivity index (χ4v) is 4.60. The first-order valence-electron chi connectivity index (χ1n) is 10.1. The van der Waals surface area contributed by atoms with Crippen molar-refractivity contribution in [1.29, 1.82) is 0 Å². The molecule has 3 aromatic carbocycles. The first kappa shape index (κ1) is 21.6. The van der Waals surface area contributed by atoms with Crippen LogP contribution in [0, 0.1) is 5.92 Å². The second kappa shape index (κ2) is 8.26. The van der Waals surface area contributed by atoms with E-state index in [2.05, 4.69) is 0 Å². The molecule has 168 valence electrons. The molecule has 2 fully saturated rings. The monoisotopic (exact) mass is 484 g/mol. The number of fused-ring (bicyclic) bond motifs is 1. The Morgan fingerprint density at radius 3 is 2.36 bits per heavy atom. The first-order chi connectivity index (χ1) is 15.9. The van der Waals surface area contributed by atoms with Crippen LogP contribution < -0.4 is 14.7 Å². The lowest BCUT2D eigenvalue weighted by atomic mass is 9.90. The van der Waals surface area contributed by atoms with E-state index in [1.807, 2.05) is 30.3 Å². The summed E-state index contributed by atoms with van der Waals surface area (Å²) in [6, 6.07) is 18.0. The molecule has 3 atom stereocenters. The van der Waals surface area contributed by atoms with E-state index in [0.29, 0.717) is 22.0 Å². The summed E-state index contributed by atoms with van der Waals surface area (Å²) in [5.41, 5.74) is 1.66. The average molecular weight is 485 g/mol. The highest BCUT2D eigenvalue weighted by Crippen LogP contribution is 2.48. The lowest BCUT2D eigenvalue weighted by Crippen LogP contribution is -2.37. The summed E-state index contributed by atoms with van der Waals surface area (Å²) in [7, 11) is 1.44. The number of hydrogen-bond acceptors (Lipinski definition) is 6. The van der Waals surface area contributed by atoms with Crippen molar-refractivity contribution in [2.75, 3.05) is 17.1 Å². The maximum atomic E-state index is 13.6. The normalized spacial score (nSPS) is 22.1. The Balaban J connectivity index is 1.60. The third kappa shape index (κ3) is 3.49. The van der Waals surface area contributed by atoms with Crippen LogP contribution in [0.15, 0.2) is 66.7 Å². The number of hydrogen-bond donors (Lipinski definition) is 1. The van der Waals surface area contributed by atoms with Gasteiger partial charge in [0.05, 0.1) is 34.6 Å². The maximum absolute atomic E-state index is 13.6. The summed E-state index contributed by atoms with van der Waals surface area (Å²) in [5, 5.41) is 12.2. The first-order valence-corrected chi connectivity index (χ1v) is 10.9. The van der Waals surface area contributed by atoms with Crippen LogP contribution in [0.3, 0.4) is 0 Å². The molecule has 0 bridgehead atoms. The van der Waals surface area contributed by atoms with E-state index in [0.717, 1.165) is 4.90 Å². The van der Waals surface area contributed by atoms with E-state index in [-0.39, 0.29) is 16.5 Å². The van der Waals surface area contributed by atoms with Gasteiger partial charge < -0.3 is 9.84 Å². The number of imide groups is 1. The summed E-state index contributed by atoms with van der Waals surface area (Å²) in [6.45, 7) is 0. The van der Waals surface area contributed by atoms with Gasteiger partial charge in [-0.3, -0.25) is 14.4 Å². The van der Waals surface area contributed by atoms with Crippen LogP contribution in [0.4, 0.5) is 11.4 Å². The maximum Gasteiger partial charge on any atom is 0.266 e. The van der Waals surface area contributed by atoms with Crippen molar-refractivity contribution < 1.29 is 24.3 Å². The highest BCUT2D eigenvalue weighted by Gasteiger charge is 2.60.